The van der Waals surface area contributed by atoms with E-state index in [-0.39, 0.29) is 23.6 Å². The van der Waals surface area contributed by atoms with Crippen LogP contribution in [-0.2, 0) is 21.2 Å². The van der Waals surface area contributed by atoms with Crippen LogP contribution in [0, 0.1) is 12.8 Å². The molecule has 1 aliphatic heterocycles. The second kappa shape index (κ2) is 8.32. The van der Waals surface area contributed by atoms with Crippen LogP contribution in [-0.4, -0.2) is 55.5 Å². The zero-order valence-electron chi connectivity index (χ0n) is 15.7. The van der Waals surface area contributed by atoms with Gasteiger partial charge in [-0.15, -0.1) is 0 Å². The molecule has 1 aromatic rings. The number of nitrogens with zero attached hydrogens (tertiary/aromatic N) is 2. The lowest BCUT2D eigenvalue weighted by molar-refractivity contribution is -0.137. The van der Waals surface area contributed by atoms with Gasteiger partial charge in [-0.1, -0.05) is 24.3 Å². The summed E-state index contributed by atoms with van der Waals surface area (Å²) in [6, 6.07) is 8.37. The molecule has 0 spiro atoms. The fourth-order valence-electron chi connectivity index (χ4n) is 3.36. The number of amides is 1. The second-order valence-electron chi connectivity index (χ2n) is 7.00. The summed E-state index contributed by atoms with van der Waals surface area (Å²) in [6.07, 6.45) is 2.05. The molecule has 25 heavy (non-hydrogen) atoms. The SMILES string of the molecule is CCS(=O)(=O)N1CCC(C(=O)N(C)C(C)Cc2ccccc2C)CC1. The minimum absolute atomic E-state index is 0.0763. The van der Waals surface area contributed by atoms with Crippen molar-refractivity contribution in [3.05, 3.63) is 35.4 Å². The molecule has 1 fully saturated rings. The number of piperidine rings is 1. The maximum absolute atomic E-state index is 12.8. The lowest BCUT2D eigenvalue weighted by Gasteiger charge is -2.34. The topological polar surface area (TPSA) is 57.7 Å². The van der Waals surface area contributed by atoms with E-state index in [0.717, 1.165) is 6.42 Å². The first-order chi connectivity index (χ1) is 11.8. The maximum atomic E-state index is 12.8. The van der Waals surface area contributed by atoms with Crippen molar-refractivity contribution in [3.63, 3.8) is 0 Å². The van der Waals surface area contributed by atoms with E-state index in [9.17, 15) is 13.2 Å². The van der Waals surface area contributed by atoms with Crippen molar-refractivity contribution in [1.82, 2.24) is 9.21 Å². The van der Waals surface area contributed by atoms with Crippen molar-refractivity contribution in [1.29, 1.82) is 0 Å². The Morgan fingerprint density at radius 2 is 1.88 bits per heavy atom. The molecule has 0 bridgehead atoms. The summed E-state index contributed by atoms with van der Waals surface area (Å²) in [6.45, 7) is 6.72. The van der Waals surface area contributed by atoms with Gasteiger partial charge in [0.1, 0.15) is 0 Å². The van der Waals surface area contributed by atoms with Gasteiger partial charge in [0.05, 0.1) is 5.75 Å². The van der Waals surface area contributed by atoms with E-state index in [1.54, 1.807) is 6.92 Å². The fourth-order valence-corrected chi connectivity index (χ4v) is 4.50. The Balaban J connectivity index is 1.93. The molecule has 6 heteroatoms. The predicted octanol–water partition coefficient (Wildman–Crippen LogP) is 2.45. The van der Waals surface area contributed by atoms with Crippen molar-refractivity contribution in [2.45, 2.75) is 46.1 Å². The molecule has 1 aliphatic rings. The van der Waals surface area contributed by atoms with Crippen LogP contribution in [0.3, 0.4) is 0 Å². The van der Waals surface area contributed by atoms with Crippen molar-refractivity contribution in [3.8, 4) is 0 Å². The van der Waals surface area contributed by atoms with Crippen LogP contribution in [0.4, 0.5) is 0 Å². The van der Waals surface area contributed by atoms with Gasteiger partial charge >= 0.3 is 0 Å². The molecule has 0 saturated carbocycles. The van der Waals surface area contributed by atoms with Crippen LogP contribution in [0.1, 0.15) is 37.8 Å². The molecule has 0 aliphatic carbocycles. The van der Waals surface area contributed by atoms with Crippen molar-refractivity contribution < 1.29 is 13.2 Å². The first kappa shape index (κ1) is 19.9. The molecule has 0 N–H and O–H groups in total. The van der Waals surface area contributed by atoms with E-state index in [0.29, 0.717) is 25.9 Å². The molecule has 1 heterocycles. The van der Waals surface area contributed by atoms with Gasteiger partial charge < -0.3 is 4.90 Å². The number of carbonyl (C=O) groups is 1. The van der Waals surface area contributed by atoms with Gasteiger partial charge in [-0.3, -0.25) is 4.79 Å². The average molecular weight is 367 g/mol. The highest BCUT2D eigenvalue weighted by atomic mass is 32.2. The predicted molar refractivity (Wildman–Crippen MR) is 101 cm³/mol. The number of aryl methyl sites for hydroxylation is 1. The number of likely N-dealkylation sites (N-methyl/N-ethyl adjacent to an activating group) is 1. The van der Waals surface area contributed by atoms with Gasteiger partial charge in [-0.2, -0.15) is 0 Å². The van der Waals surface area contributed by atoms with E-state index in [1.165, 1.54) is 15.4 Å². The third-order valence-electron chi connectivity index (χ3n) is 5.35. The first-order valence-corrected chi connectivity index (χ1v) is 10.7. The van der Waals surface area contributed by atoms with Gasteiger partial charge in [0, 0.05) is 32.1 Å². The molecule has 0 aromatic heterocycles. The van der Waals surface area contributed by atoms with Crippen molar-refractivity contribution in [2.75, 3.05) is 25.9 Å². The van der Waals surface area contributed by atoms with Crippen LogP contribution in [0.25, 0.3) is 0 Å². The van der Waals surface area contributed by atoms with Crippen molar-refractivity contribution in [2.24, 2.45) is 5.92 Å². The normalized spacial score (nSPS) is 18.1. The van der Waals surface area contributed by atoms with Crippen LogP contribution >= 0.6 is 0 Å². The van der Waals surface area contributed by atoms with Gasteiger partial charge in [-0.25, -0.2) is 12.7 Å². The zero-order chi connectivity index (χ0) is 18.6. The van der Waals surface area contributed by atoms with Gasteiger partial charge in [0.25, 0.3) is 0 Å². The minimum Gasteiger partial charge on any atom is -0.342 e. The summed E-state index contributed by atoms with van der Waals surface area (Å²) in [5, 5.41) is 0. The lowest BCUT2D eigenvalue weighted by Crippen LogP contribution is -2.46. The number of sulfonamides is 1. The van der Waals surface area contributed by atoms with Crippen LogP contribution in [0.2, 0.25) is 0 Å². The highest BCUT2D eigenvalue weighted by molar-refractivity contribution is 7.89. The third kappa shape index (κ3) is 4.82. The Morgan fingerprint density at radius 3 is 2.44 bits per heavy atom. The van der Waals surface area contributed by atoms with Gasteiger partial charge in [0.2, 0.25) is 15.9 Å². The highest BCUT2D eigenvalue weighted by Gasteiger charge is 2.32. The van der Waals surface area contributed by atoms with E-state index in [2.05, 4.69) is 26.0 Å². The van der Waals surface area contributed by atoms with E-state index in [4.69, 9.17) is 0 Å². The summed E-state index contributed by atoms with van der Waals surface area (Å²) in [4.78, 5) is 14.6. The Labute approximate surface area is 152 Å². The zero-order valence-corrected chi connectivity index (χ0v) is 16.6. The summed E-state index contributed by atoms with van der Waals surface area (Å²) >= 11 is 0. The number of hydrogen-bond donors (Lipinski definition) is 0. The average Bonchev–Trinajstić information content (AvgIpc) is 2.62. The minimum atomic E-state index is -3.14. The van der Waals surface area contributed by atoms with Crippen LogP contribution in [0.5, 0.6) is 0 Å². The Kier molecular flexibility index (Phi) is 6.63. The summed E-state index contributed by atoms with van der Waals surface area (Å²) in [5.41, 5.74) is 2.51. The Morgan fingerprint density at radius 1 is 1.28 bits per heavy atom. The monoisotopic (exact) mass is 366 g/mol. The van der Waals surface area contributed by atoms with Crippen LogP contribution in [0.15, 0.2) is 24.3 Å². The number of rotatable bonds is 6. The maximum Gasteiger partial charge on any atom is 0.225 e. The molecule has 2 rings (SSSR count). The second-order valence-corrected chi connectivity index (χ2v) is 9.26. The number of hydrogen-bond acceptors (Lipinski definition) is 3. The molecule has 5 nitrogen and oxygen atoms in total. The quantitative estimate of drug-likeness (QED) is 0.777. The van der Waals surface area contributed by atoms with E-state index < -0.39 is 10.0 Å². The summed E-state index contributed by atoms with van der Waals surface area (Å²) in [7, 11) is -1.28. The third-order valence-corrected chi connectivity index (χ3v) is 7.23. The molecule has 140 valence electrons. The number of carbonyl (C=O) groups excluding carboxylic acids is 1. The lowest BCUT2D eigenvalue weighted by atomic mass is 9.95. The standard InChI is InChI=1S/C19H30N2O3S/c1-5-25(23,24)21-12-10-17(11-13-21)19(22)20(4)16(3)14-18-9-7-6-8-15(18)2/h6-9,16-17H,5,10-14H2,1-4H3. The molecule has 1 saturated heterocycles. The molecular weight excluding hydrogens is 336 g/mol. The summed E-state index contributed by atoms with van der Waals surface area (Å²) in [5.74, 6) is 0.182. The Bertz CT molecular complexity index is 694. The number of benzene rings is 1. The molecule has 1 amide bonds. The van der Waals surface area contributed by atoms with Gasteiger partial charge in [-0.05, 0) is 51.2 Å². The molecule has 0 radical (unpaired) electrons. The highest BCUT2D eigenvalue weighted by Crippen LogP contribution is 2.23. The molecule has 1 atom stereocenters. The first-order valence-electron chi connectivity index (χ1n) is 9.05. The smallest absolute Gasteiger partial charge is 0.225 e. The molecule has 1 aromatic carbocycles. The van der Waals surface area contributed by atoms with E-state index >= 15 is 0 Å². The summed E-state index contributed by atoms with van der Waals surface area (Å²) < 4.78 is 25.4. The van der Waals surface area contributed by atoms with Crippen molar-refractivity contribution >= 4 is 15.9 Å². The van der Waals surface area contributed by atoms with Gasteiger partial charge in [0.15, 0.2) is 0 Å². The fraction of sp³-hybridized carbons (Fsp3) is 0.632. The molecule has 1 unspecified atom stereocenters. The Hall–Kier alpha value is -1.40. The van der Waals surface area contributed by atoms with Crippen LogP contribution < -0.4 is 0 Å². The molecular formula is C19H30N2O3S. The largest absolute Gasteiger partial charge is 0.342 e. The van der Waals surface area contributed by atoms with E-state index in [1.807, 2.05) is 24.1 Å².